The lowest BCUT2D eigenvalue weighted by atomic mass is 9.75. The zero-order chi connectivity index (χ0) is 23.3. The fourth-order valence-electron chi connectivity index (χ4n) is 4.33. The monoisotopic (exact) mass is 406 g/mol. The van der Waals surface area contributed by atoms with Crippen molar-refractivity contribution in [2.45, 2.75) is 118 Å². The molecule has 0 spiro atoms. The summed E-state index contributed by atoms with van der Waals surface area (Å²) in [5.41, 5.74) is 10.7. The molecule has 0 aliphatic carbocycles. The Kier molecular flexibility index (Phi) is 6.46. The van der Waals surface area contributed by atoms with Gasteiger partial charge in [-0.25, -0.2) is 0 Å². The highest BCUT2D eigenvalue weighted by atomic mass is 14.3. The molecule has 0 heteroatoms. The molecule has 0 amide bonds. The van der Waals surface area contributed by atoms with Gasteiger partial charge in [-0.1, -0.05) is 113 Å². The number of rotatable bonds is 2. The van der Waals surface area contributed by atoms with Crippen LogP contribution in [0, 0.1) is 6.92 Å². The first-order chi connectivity index (χ1) is 13.3. The Morgan fingerprint density at radius 3 is 1.10 bits per heavy atom. The molecule has 0 nitrogen and oxygen atoms in total. The Hall–Kier alpha value is -1.56. The fourth-order valence-corrected chi connectivity index (χ4v) is 4.33. The lowest BCUT2D eigenvalue weighted by molar-refractivity contribution is 0.559. The van der Waals surface area contributed by atoms with Crippen molar-refractivity contribution in [2.75, 3.05) is 0 Å². The van der Waals surface area contributed by atoms with Crippen LogP contribution in [0.5, 0.6) is 0 Å². The second-order valence-corrected chi connectivity index (χ2v) is 13.4. The van der Waals surface area contributed by atoms with Gasteiger partial charge < -0.3 is 0 Å². The molecule has 166 valence electrons. The largest absolute Gasteiger partial charge is 0.0561 e. The topological polar surface area (TPSA) is 0 Å². The maximum atomic E-state index is 2.46. The van der Waals surface area contributed by atoms with Crippen LogP contribution in [0.4, 0.5) is 0 Å². The molecule has 0 saturated heterocycles. The highest BCUT2D eigenvalue weighted by Crippen LogP contribution is 2.36. The highest BCUT2D eigenvalue weighted by molar-refractivity contribution is 5.47. The molecule has 0 heterocycles. The van der Waals surface area contributed by atoms with Gasteiger partial charge in [0.05, 0.1) is 0 Å². The minimum absolute atomic E-state index is 0.143. The van der Waals surface area contributed by atoms with E-state index in [1.165, 1.54) is 38.9 Å². The molecule has 0 N–H and O–H groups in total. The van der Waals surface area contributed by atoms with Gasteiger partial charge in [0.25, 0.3) is 0 Å². The second kappa shape index (κ2) is 7.85. The van der Waals surface area contributed by atoms with E-state index in [1.54, 1.807) is 0 Å². The van der Waals surface area contributed by atoms with Gasteiger partial charge in [-0.3, -0.25) is 0 Å². The smallest absolute Gasteiger partial charge is 0.00254 e. The van der Waals surface area contributed by atoms with E-state index < -0.39 is 0 Å². The molecule has 0 atom stereocenters. The molecule has 0 radical (unpaired) electrons. The first-order valence-electron chi connectivity index (χ1n) is 11.6. The quantitative estimate of drug-likeness (QED) is 0.467. The van der Waals surface area contributed by atoms with Crippen LogP contribution < -0.4 is 0 Å². The Balaban J connectivity index is 2.67. The van der Waals surface area contributed by atoms with Crippen molar-refractivity contribution in [1.82, 2.24) is 0 Å². The van der Waals surface area contributed by atoms with Gasteiger partial charge >= 0.3 is 0 Å². The minimum atomic E-state index is 0.143. The van der Waals surface area contributed by atoms with Crippen LogP contribution in [0.25, 0.3) is 0 Å². The highest BCUT2D eigenvalue weighted by Gasteiger charge is 2.25. The minimum Gasteiger partial charge on any atom is -0.0561 e. The summed E-state index contributed by atoms with van der Waals surface area (Å²) in [4.78, 5) is 0. The summed E-state index contributed by atoms with van der Waals surface area (Å²) in [6.07, 6.45) is 0.986. The lowest BCUT2D eigenvalue weighted by Crippen LogP contribution is -2.20. The molecular weight excluding hydrogens is 360 g/mol. The Bertz CT molecular complexity index is 830. The molecule has 0 fully saturated rings. The van der Waals surface area contributed by atoms with Crippen molar-refractivity contribution in [3.05, 3.63) is 69.3 Å². The van der Waals surface area contributed by atoms with Gasteiger partial charge in [-0.05, 0) is 73.9 Å². The van der Waals surface area contributed by atoms with E-state index in [1.807, 2.05) is 0 Å². The van der Waals surface area contributed by atoms with E-state index in [0.29, 0.717) is 0 Å². The van der Waals surface area contributed by atoms with E-state index in [9.17, 15) is 0 Å². The van der Waals surface area contributed by atoms with Crippen molar-refractivity contribution in [1.29, 1.82) is 0 Å². The van der Waals surface area contributed by atoms with Gasteiger partial charge in [-0.15, -0.1) is 0 Å². The maximum absolute atomic E-state index is 2.46. The summed E-state index contributed by atoms with van der Waals surface area (Å²) in [5.74, 6) is 0. The molecule has 0 bridgehead atoms. The Morgan fingerprint density at radius 2 is 0.800 bits per heavy atom. The summed E-state index contributed by atoms with van der Waals surface area (Å²) in [5, 5.41) is 0. The molecule has 0 aliphatic rings. The fraction of sp³-hybridized carbons (Fsp3) is 0.600. The van der Waals surface area contributed by atoms with E-state index >= 15 is 0 Å². The predicted octanol–water partition coefficient (Wildman–Crippen LogP) is 8.78. The number of hydrogen-bond donors (Lipinski definition) is 0. The van der Waals surface area contributed by atoms with Crippen LogP contribution >= 0.6 is 0 Å². The normalized spacial score (nSPS) is 13.6. The Labute approximate surface area is 187 Å². The summed E-state index contributed by atoms with van der Waals surface area (Å²) in [6, 6.07) is 12.2. The summed E-state index contributed by atoms with van der Waals surface area (Å²) in [7, 11) is 0. The maximum Gasteiger partial charge on any atom is -0.00254 e. The van der Waals surface area contributed by atoms with E-state index in [4.69, 9.17) is 0 Å². The van der Waals surface area contributed by atoms with Crippen LogP contribution in [0.2, 0.25) is 0 Å². The van der Waals surface area contributed by atoms with Crippen LogP contribution in [0.15, 0.2) is 30.3 Å². The molecule has 0 saturated carbocycles. The van der Waals surface area contributed by atoms with Crippen molar-refractivity contribution < 1.29 is 0 Å². The third-order valence-corrected chi connectivity index (χ3v) is 6.22. The average Bonchev–Trinajstić information content (AvgIpc) is 2.52. The number of hydrogen-bond acceptors (Lipinski definition) is 0. The third kappa shape index (κ3) is 5.77. The molecule has 2 rings (SSSR count). The molecule has 30 heavy (non-hydrogen) atoms. The van der Waals surface area contributed by atoms with Crippen molar-refractivity contribution in [3.8, 4) is 0 Å². The van der Waals surface area contributed by atoms with Gasteiger partial charge in [0.15, 0.2) is 0 Å². The van der Waals surface area contributed by atoms with Crippen molar-refractivity contribution in [2.24, 2.45) is 0 Å². The molecule has 2 aromatic carbocycles. The lowest BCUT2D eigenvalue weighted by Gasteiger charge is -2.30. The third-order valence-electron chi connectivity index (χ3n) is 6.22. The van der Waals surface area contributed by atoms with Gasteiger partial charge in [0, 0.05) is 0 Å². The molecule has 0 unspecified atom stereocenters. The predicted molar refractivity (Wildman–Crippen MR) is 135 cm³/mol. The zero-order valence-electron chi connectivity index (χ0n) is 22.1. The van der Waals surface area contributed by atoms with Crippen LogP contribution in [0.1, 0.15) is 122 Å². The summed E-state index contributed by atoms with van der Waals surface area (Å²) in [6.45, 7) is 30.2. The van der Waals surface area contributed by atoms with Gasteiger partial charge in [-0.2, -0.15) is 0 Å². The van der Waals surface area contributed by atoms with E-state index in [2.05, 4.69) is 120 Å². The zero-order valence-corrected chi connectivity index (χ0v) is 22.1. The molecule has 0 aromatic heterocycles. The van der Waals surface area contributed by atoms with E-state index in [-0.39, 0.29) is 21.7 Å². The molecule has 2 aromatic rings. The average molecular weight is 407 g/mol. The van der Waals surface area contributed by atoms with E-state index in [0.717, 1.165) is 6.42 Å². The van der Waals surface area contributed by atoms with Gasteiger partial charge in [0.1, 0.15) is 0 Å². The summed E-state index contributed by atoms with van der Waals surface area (Å²) < 4.78 is 0. The van der Waals surface area contributed by atoms with Gasteiger partial charge in [0.2, 0.25) is 0 Å². The van der Waals surface area contributed by atoms with Crippen LogP contribution in [0.3, 0.4) is 0 Å². The van der Waals surface area contributed by atoms with Crippen molar-refractivity contribution in [3.63, 3.8) is 0 Å². The molecular formula is C30H46. The summed E-state index contributed by atoms with van der Waals surface area (Å²) >= 11 is 0. The number of benzene rings is 2. The standard InChI is InChI=1S/C30H46/c1-20-25(29(8,9)10)17-22(18-26(20)30(11,12)13)14-21-15-23(27(2,3)4)19-24(16-21)28(5,6)7/h15-19H,14H2,1-13H3. The first-order valence-corrected chi connectivity index (χ1v) is 11.6. The SMILES string of the molecule is Cc1c(C(C)(C)C)cc(Cc2cc(C(C)(C)C)cc(C(C)(C)C)c2)cc1C(C)(C)C. The first kappa shape index (κ1) is 24.7. The van der Waals surface area contributed by atoms with Crippen LogP contribution in [-0.2, 0) is 28.1 Å². The molecule has 0 aliphatic heterocycles. The van der Waals surface area contributed by atoms with Crippen molar-refractivity contribution >= 4 is 0 Å². The Morgan fingerprint density at radius 1 is 0.467 bits per heavy atom. The second-order valence-electron chi connectivity index (χ2n) is 13.4. The van der Waals surface area contributed by atoms with Crippen LogP contribution in [-0.4, -0.2) is 0 Å².